The van der Waals surface area contributed by atoms with Crippen LogP contribution in [0.4, 0.5) is 0 Å². The number of aromatic nitrogens is 1. The van der Waals surface area contributed by atoms with Crippen molar-refractivity contribution >= 4 is 17.7 Å². The molecule has 0 amide bonds. The van der Waals surface area contributed by atoms with Gasteiger partial charge in [0.15, 0.2) is 5.76 Å². The standard InChI is InChI=1S/C14H15NO3S/c1-14(2,13(16)17)19-9-11-8-12(18-15-11)10-6-4-3-5-7-10/h3-8H,9H2,1-2H3,(H,16,17). The first-order chi connectivity index (χ1) is 8.99. The molecule has 0 aliphatic carbocycles. The molecule has 0 radical (unpaired) electrons. The second-order valence-electron chi connectivity index (χ2n) is 4.65. The maximum absolute atomic E-state index is 11.0. The van der Waals surface area contributed by atoms with E-state index in [2.05, 4.69) is 5.16 Å². The van der Waals surface area contributed by atoms with Crippen LogP contribution in [0.5, 0.6) is 0 Å². The number of benzene rings is 1. The average Bonchev–Trinajstić information content (AvgIpc) is 2.86. The molecule has 1 aromatic carbocycles. The van der Waals surface area contributed by atoms with Crippen molar-refractivity contribution in [1.82, 2.24) is 5.16 Å². The Morgan fingerprint density at radius 1 is 1.37 bits per heavy atom. The fourth-order valence-corrected chi connectivity index (χ4v) is 2.20. The Labute approximate surface area is 115 Å². The van der Waals surface area contributed by atoms with E-state index in [-0.39, 0.29) is 0 Å². The number of hydrogen-bond donors (Lipinski definition) is 1. The summed E-state index contributed by atoms with van der Waals surface area (Å²) in [6, 6.07) is 11.5. The van der Waals surface area contributed by atoms with Gasteiger partial charge in [0.25, 0.3) is 0 Å². The van der Waals surface area contributed by atoms with Crippen LogP contribution in [0.1, 0.15) is 19.5 Å². The molecule has 5 heteroatoms. The van der Waals surface area contributed by atoms with E-state index in [1.807, 2.05) is 36.4 Å². The van der Waals surface area contributed by atoms with E-state index in [0.717, 1.165) is 11.3 Å². The molecule has 100 valence electrons. The molecule has 2 rings (SSSR count). The summed E-state index contributed by atoms with van der Waals surface area (Å²) in [5, 5.41) is 13.0. The van der Waals surface area contributed by atoms with Crippen molar-refractivity contribution in [3.8, 4) is 11.3 Å². The molecule has 0 saturated carbocycles. The lowest BCUT2D eigenvalue weighted by atomic mass is 10.2. The van der Waals surface area contributed by atoms with Crippen LogP contribution in [0.2, 0.25) is 0 Å². The lowest BCUT2D eigenvalue weighted by Crippen LogP contribution is -2.27. The molecule has 1 N–H and O–H groups in total. The fourth-order valence-electron chi connectivity index (χ4n) is 1.43. The SMILES string of the molecule is CC(C)(SCc1cc(-c2ccccc2)on1)C(=O)O. The molecule has 0 bridgehead atoms. The van der Waals surface area contributed by atoms with Crippen LogP contribution >= 0.6 is 11.8 Å². The minimum absolute atomic E-state index is 0.510. The second kappa shape index (κ2) is 5.48. The first-order valence-corrected chi connectivity index (χ1v) is 6.86. The van der Waals surface area contributed by atoms with Crippen LogP contribution in [0.25, 0.3) is 11.3 Å². The Morgan fingerprint density at radius 3 is 2.68 bits per heavy atom. The zero-order valence-electron chi connectivity index (χ0n) is 10.8. The van der Waals surface area contributed by atoms with Gasteiger partial charge in [-0.1, -0.05) is 35.5 Å². The zero-order chi connectivity index (χ0) is 13.9. The van der Waals surface area contributed by atoms with Crippen molar-refractivity contribution in [3.63, 3.8) is 0 Å². The van der Waals surface area contributed by atoms with Gasteiger partial charge in [-0.3, -0.25) is 4.79 Å². The molecule has 0 atom stereocenters. The van der Waals surface area contributed by atoms with Gasteiger partial charge in [-0.15, -0.1) is 11.8 Å². The molecular formula is C14H15NO3S. The van der Waals surface area contributed by atoms with Crippen molar-refractivity contribution in [1.29, 1.82) is 0 Å². The largest absolute Gasteiger partial charge is 0.480 e. The zero-order valence-corrected chi connectivity index (χ0v) is 11.6. The van der Waals surface area contributed by atoms with Gasteiger partial charge in [0.2, 0.25) is 0 Å². The predicted octanol–water partition coefficient (Wildman–Crippen LogP) is 3.44. The molecule has 19 heavy (non-hydrogen) atoms. The summed E-state index contributed by atoms with van der Waals surface area (Å²) in [4.78, 5) is 11.0. The molecule has 2 aromatic rings. The van der Waals surface area contributed by atoms with Crippen LogP contribution in [0.3, 0.4) is 0 Å². The van der Waals surface area contributed by atoms with Crippen LogP contribution < -0.4 is 0 Å². The molecule has 0 aliphatic heterocycles. The minimum Gasteiger partial charge on any atom is -0.480 e. The summed E-state index contributed by atoms with van der Waals surface area (Å²) in [5.41, 5.74) is 1.71. The van der Waals surface area contributed by atoms with Gasteiger partial charge in [-0.05, 0) is 13.8 Å². The van der Waals surface area contributed by atoms with E-state index in [9.17, 15) is 4.79 Å². The summed E-state index contributed by atoms with van der Waals surface area (Å²) in [5.74, 6) is 0.379. The molecule has 4 nitrogen and oxygen atoms in total. The quantitative estimate of drug-likeness (QED) is 0.907. The van der Waals surface area contributed by atoms with Gasteiger partial charge in [0.1, 0.15) is 4.75 Å². The van der Waals surface area contributed by atoms with Crippen LogP contribution in [-0.2, 0) is 10.5 Å². The van der Waals surface area contributed by atoms with Crippen molar-refractivity contribution in [2.24, 2.45) is 0 Å². The molecule has 1 heterocycles. The normalized spacial score (nSPS) is 11.5. The van der Waals surface area contributed by atoms with Gasteiger partial charge < -0.3 is 9.63 Å². The Kier molecular flexibility index (Phi) is 3.95. The highest BCUT2D eigenvalue weighted by Gasteiger charge is 2.27. The maximum atomic E-state index is 11.0. The van der Waals surface area contributed by atoms with Gasteiger partial charge in [0, 0.05) is 17.4 Å². The van der Waals surface area contributed by atoms with Crippen LogP contribution in [0, 0.1) is 0 Å². The lowest BCUT2D eigenvalue weighted by Gasteiger charge is -2.17. The highest BCUT2D eigenvalue weighted by Crippen LogP contribution is 2.29. The van der Waals surface area contributed by atoms with Gasteiger partial charge in [0.05, 0.1) is 5.69 Å². The van der Waals surface area contributed by atoms with E-state index in [1.165, 1.54) is 11.8 Å². The number of carboxylic acid groups (broad SMARTS) is 1. The van der Waals surface area contributed by atoms with Crippen molar-refractivity contribution in [3.05, 3.63) is 42.1 Å². The predicted molar refractivity (Wildman–Crippen MR) is 74.9 cm³/mol. The number of hydrogen-bond acceptors (Lipinski definition) is 4. The van der Waals surface area contributed by atoms with E-state index in [4.69, 9.17) is 9.63 Å². The monoisotopic (exact) mass is 277 g/mol. The number of rotatable bonds is 5. The number of aliphatic carboxylic acids is 1. The van der Waals surface area contributed by atoms with Gasteiger partial charge in [-0.25, -0.2) is 0 Å². The van der Waals surface area contributed by atoms with Crippen LogP contribution in [0.15, 0.2) is 40.9 Å². The Balaban J connectivity index is 2.05. The Morgan fingerprint density at radius 2 is 2.05 bits per heavy atom. The molecule has 0 fully saturated rings. The number of thioether (sulfide) groups is 1. The topological polar surface area (TPSA) is 63.3 Å². The van der Waals surface area contributed by atoms with Crippen molar-refractivity contribution < 1.29 is 14.4 Å². The third-order valence-electron chi connectivity index (χ3n) is 2.71. The van der Waals surface area contributed by atoms with Crippen LogP contribution in [-0.4, -0.2) is 21.0 Å². The second-order valence-corrected chi connectivity index (χ2v) is 6.25. The number of nitrogens with zero attached hydrogens (tertiary/aromatic N) is 1. The number of carbonyl (C=O) groups is 1. The van der Waals surface area contributed by atoms with Gasteiger partial charge in [-0.2, -0.15) is 0 Å². The molecule has 0 saturated heterocycles. The minimum atomic E-state index is -0.829. The summed E-state index contributed by atoms with van der Waals surface area (Å²) < 4.78 is 4.44. The molecule has 0 unspecified atom stereocenters. The molecule has 0 spiro atoms. The maximum Gasteiger partial charge on any atom is 0.319 e. The number of carboxylic acids is 1. The van der Waals surface area contributed by atoms with E-state index in [0.29, 0.717) is 11.5 Å². The lowest BCUT2D eigenvalue weighted by molar-refractivity contribution is -0.138. The third-order valence-corrected chi connectivity index (χ3v) is 4.05. The van der Waals surface area contributed by atoms with Crippen molar-refractivity contribution in [2.75, 3.05) is 0 Å². The molecular weight excluding hydrogens is 262 g/mol. The van der Waals surface area contributed by atoms with Crippen molar-refractivity contribution in [2.45, 2.75) is 24.3 Å². The molecule has 1 aromatic heterocycles. The summed E-state index contributed by atoms with van der Waals surface area (Å²) in [6.07, 6.45) is 0. The first kappa shape index (κ1) is 13.7. The average molecular weight is 277 g/mol. The summed E-state index contributed by atoms with van der Waals surface area (Å²) >= 11 is 1.33. The highest BCUT2D eigenvalue weighted by molar-refractivity contribution is 8.00. The first-order valence-electron chi connectivity index (χ1n) is 5.87. The molecule has 0 aliphatic rings. The summed E-state index contributed by atoms with van der Waals surface area (Å²) in [7, 11) is 0. The van der Waals surface area contributed by atoms with Gasteiger partial charge >= 0.3 is 5.97 Å². The summed E-state index contributed by atoms with van der Waals surface area (Å²) in [6.45, 7) is 3.36. The fraction of sp³-hybridized carbons (Fsp3) is 0.286. The van der Waals surface area contributed by atoms with E-state index < -0.39 is 10.7 Å². The highest BCUT2D eigenvalue weighted by atomic mass is 32.2. The Hall–Kier alpha value is -1.75. The van der Waals surface area contributed by atoms with E-state index >= 15 is 0 Å². The van der Waals surface area contributed by atoms with E-state index in [1.54, 1.807) is 13.8 Å². The Bertz CT molecular complexity index is 563. The third kappa shape index (κ3) is 3.38. The smallest absolute Gasteiger partial charge is 0.319 e.